The largest absolute Gasteiger partial charge is 0.493 e. The molecular weight excluding hydrogens is 284 g/mol. The number of hydrogen-bond acceptors (Lipinski definition) is 4. The van der Waals surface area contributed by atoms with Gasteiger partial charge in [0.15, 0.2) is 17.8 Å². The van der Waals surface area contributed by atoms with Crippen LogP contribution in [0.5, 0.6) is 11.5 Å². The molecule has 2 N–H and O–H groups in total. The van der Waals surface area contributed by atoms with Gasteiger partial charge in [0, 0.05) is 0 Å². The number of rotatable bonds is 6. The molecule has 0 saturated carbocycles. The first-order valence-electron chi connectivity index (χ1n) is 6.76. The summed E-state index contributed by atoms with van der Waals surface area (Å²) < 4.78 is 10.4. The third kappa shape index (κ3) is 3.28. The molecule has 6 nitrogen and oxygen atoms in total. The molecule has 1 atom stereocenters. The van der Waals surface area contributed by atoms with Gasteiger partial charge in [0.2, 0.25) is 0 Å². The number of ether oxygens (including phenoxy) is 2. The molecule has 2 rings (SSSR count). The van der Waals surface area contributed by atoms with Gasteiger partial charge in [-0.2, -0.15) is 0 Å². The molecule has 0 aliphatic heterocycles. The summed E-state index contributed by atoms with van der Waals surface area (Å²) in [4.78, 5) is 25.5. The highest BCUT2D eigenvalue weighted by Crippen LogP contribution is 2.29. The molecule has 1 aromatic carbocycles. The van der Waals surface area contributed by atoms with Crippen molar-refractivity contribution < 1.29 is 19.1 Å². The van der Waals surface area contributed by atoms with Crippen molar-refractivity contribution in [2.24, 2.45) is 0 Å². The van der Waals surface area contributed by atoms with Gasteiger partial charge < -0.3 is 19.8 Å². The maximum Gasteiger partial charge on any atom is 0.268 e. The molecule has 0 bridgehead atoms. The predicted molar refractivity (Wildman–Crippen MR) is 81.6 cm³/mol. The second kappa shape index (κ2) is 6.80. The van der Waals surface area contributed by atoms with Crippen molar-refractivity contribution in [2.45, 2.75) is 13.0 Å². The van der Waals surface area contributed by atoms with Crippen LogP contribution in [0.1, 0.15) is 39.5 Å². The molecule has 1 unspecified atom stereocenters. The monoisotopic (exact) mass is 302 g/mol. The highest BCUT2D eigenvalue weighted by atomic mass is 16.5. The molecule has 0 aliphatic rings. The van der Waals surface area contributed by atoms with E-state index in [9.17, 15) is 9.59 Å². The molecule has 0 fully saturated rings. The van der Waals surface area contributed by atoms with Crippen LogP contribution >= 0.6 is 0 Å². The molecule has 116 valence electrons. The number of aromatic amines is 1. The first-order valence-corrected chi connectivity index (χ1v) is 6.76. The van der Waals surface area contributed by atoms with Crippen molar-refractivity contribution in [1.82, 2.24) is 10.3 Å². The second-order valence-corrected chi connectivity index (χ2v) is 4.75. The van der Waals surface area contributed by atoms with Gasteiger partial charge in [0.1, 0.15) is 5.69 Å². The zero-order valence-electron chi connectivity index (χ0n) is 12.7. The van der Waals surface area contributed by atoms with Crippen molar-refractivity contribution in [1.29, 1.82) is 0 Å². The van der Waals surface area contributed by atoms with Gasteiger partial charge >= 0.3 is 0 Å². The second-order valence-electron chi connectivity index (χ2n) is 4.75. The Morgan fingerprint density at radius 2 is 1.91 bits per heavy atom. The first-order chi connectivity index (χ1) is 10.6. The number of aromatic nitrogens is 1. The van der Waals surface area contributed by atoms with Crippen LogP contribution in [-0.4, -0.2) is 31.4 Å². The molecule has 0 spiro atoms. The fourth-order valence-electron chi connectivity index (χ4n) is 2.09. The zero-order valence-corrected chi connectivity index (χ0v) is 12.7. The smallest absolute Gasteiger partial charge is 0.268 e. The van der Waals surface area contributed by atoms with Crippen LogP contribution in [0, 0.1) is 0 Å². The number of methoxy groups -OCH3 is 2. The Kier molecular flexibility index (Phi) is 4.83. The van der Waals surface area contributed by atoms with Gasteiger partial charge in [0.25, 0.3) is 5.91 Å². The summed E-state index contributed by atoms with van der Waals surface area (Å²) >= 11 is 0. The van der Waals surface area contributed by atoms with E-state index in [1.54, 1.807) is 32.4 Å². The lowest BCUT2D eigenvalue weighted by Gasteiger charge is -2.16. The lowest BCUT2D eigenvalue weighted by molar-refractivity contribution is 0.0935. The normalized spacial score (nSPS) is 11.6. The van der Waals surface area contributed by atoms with Crippen molar-refractivity contribution in [2.75, 3.05) is 14.2 Å². The van der Waals surface area contributed by atoms with E-state index in [0.717, 1.165) is 5.56 Å². The van der Waals surface area contributed by atoms with Gasteiger partial charge in [-0.1, -0.05) is 6.07 Å². The van der Waals surface area contributed by atoms with Gasteiger partial charge in [-0.25, -0.2) is 0 Å². The molecule has 1 aromatic heterocycles. The maximum atomic E-state index is 12.1. The number of carbonyl (C=O) groups is 2. The van der Waals surface area contributed by atoms with Crippen LogP contribution in [0.3, 0.4) is 0 Å². The summed E-state index contributed by atoms with van der Waals surface area (Å²) in [6, 6.07) is 8.36. The van der Waals surface area contributed by atoms with Crippen LogP contribution < -0.4 is 14.8 Å². The number of hydrogen-bond donors (Lipinski definition) is 2. The van der Waals surface area contributed by atoms with Gasteiger partial charge in [0.05, 0.1) is 26.0 Å². The Morgan fingerprint density at radius 1 is 1.18 bits per heavy atom. The summed E-state index contributed by atoms with van der Waals surface area (Å²) in [7, 11) is 3.13. The number of benzene rings is 1. The van der Waals surface area contributed by atoms with Gasteiger partial charge in [-0.3, -0.25) is 9.59 Å². The minimum Gasteiger partial charge on any atom is -0.493 e. The lowest BCUT2D eigenvalue weighted by atomic mass is 10.1. The number of amides is 1. The highest BCUT2D eigenvalue weighted by Gasteiger charge is 2.15. The van der Waals surface area contributed by atoms with Crippen molar-refractivity contribution >= 4 is 12.2 Å². The Morgan fingerprint density at radius 3 is 2.50 bits per heavy atom. The summed E-state index contributed by atoms with van der Waals surface area (Å²) in [5.41, 5.74) is 1.59. The molecule has 0 aliphatic carbocycles. The molecule has 0 saturated heterocycles. The Hall–Kier alpha value is -2.76. The molecule has 6 heteroatoms. The average molecular weight is 302 g/mol. The average Bonchev–Trinajstić information content (AvgIpc) is 3.03. The minimum absolute atomic E-state index is 0.227. The first kappa shape index (κ1) is 15.6. The van der Waals surface area contributed by atoms with E-state index in [1.807, 2.05) is 19.1 Å². The Balaban J connectivity index is 2.12. The van der Waals surface area contributed by atoms with Gasteiger partial charge in [-0.15, -0.1) is 0 Å². The Labute approximate surface area is 128 Å². The van der Waals surface area contributed by atoms with Crippen molar-refractivity contribution in [3.63, 3.8) is 0 Å². The summed E-state index contributed by atoms with van der Waals surface area (Å²) in [5.74, 6) is 0.948. The SMILES string of the molecule is COc1ccc(C(C)NC(=O)c2ccc(C=O)[nH]2)cc1OC. The fourth-order valence-corrected chi connectivity index (χ4v) is 2.09. The summed E-state index contributed by atoms with van der Waals surface area (Å²) in [5, 5.41) is 2.86. The van der Waals surface area contributed by atoms with Gasteiger partial charge in [-0.05, 0) is 36.8 Å². The van der Waals surface area contributed by atoms with Crippen molar-refractivity contribution in [3.05, 3.63) is 47.3 Å². The standard InChI is InChI=1S/C16H18N2O4/c1-10(11-4-7-14(21-2)15(8-11)22-3)17-16(20)13-6-5-12(9-19)18-13/h4-10,18H,1-3H3,(H,17,20). The molecule has 0 radical (unpaired) electrons. The zero-order chi connectivity index (χ0) is 16.1. The maximum absolute atomic E-state index is 12.1. The van der Waals surface area contributed by atoms with E-state index >= 15 is 0 Å². The number of carbonyl (C=O) groups excluding carboxylic acids is 2. The number of nitrogens with one attached hydrogen (secondary N) is 2. The number of H-pyrrole nitrogens is 1. The van der Waals surface area contributed by atoms with Crippen LogP contribution in [0.15, 0.2) is 30.3 Å². The van der Waals surface area contributed by atoms with E-state index in [-0.39, 0.29) is 11.9 Å². The third-order valence-corrected chi connectivity index (χ3v) is 3.34. The highest BCUT2D eigenvalue weighted by molar-refractivity contribution is 5.93. The van der Waals surface area contributed by atoms with E-state index < -0.39 is 0 Å². The number of aldehydes is 1. The van der Waals surface area contributed by atoms with Crippen molar-refractivity contribution in [3.8, 4) is 11.5 Å². The predicted octanol–water partition coefficient (Wildman–Crippen LogP) is 2.34. The van der Waals surface area contributed by atoms with E-state index in [2.05, 4.69) is 10.3 Å². The molecule has 2 aromatic rings. The Bertz CT molecular complexity index is 679. The van der Waals surface area contributed by atoms with Crippen LogP contribution in [0.2, 0.25) is 0 Å². The minimum atomic E-state index is -0.282. The lowest BCUT2D eigenvalue weighted by Crippen LogP contribution is -2.27. The third-order valence-electron chi connectivity index (χ3n) is 3.34. The topological polar surface area (TPSA) is 80.4 Å². The van der Waals surface area contributed by atoms with Crippen LogP contribution in [0.4, 0.5) is 0 Å². The molecule has 1 amide bonds. The molecule has 22 heavy (non-hydrogen) atoms. The summed E-state index contributed by atoms with van der Waals surface area (Å²) in [6.45, 7) is 1.86. The van der Waals surface area contributed by atoms with E-state index in [1.165, 1.54) is 0 Å². The molecule has 1 heterocycles. The van der Waals surface area contributed by atoms with E-state index in [4.69, 9.17) is 9.47 Å². The summed E-state index contributed by atoms with van der Waals surface area (Å²) in [6.07, 6.45) is 0.661. The van der Waals surface area contributed by atoms with E-state index in [0.29, 0.717) is 29.2 Å². The quantitative estimate of drug-likeness (QED) is 0.803. The van der Waals surface area contributed by atoms with Crippen LogP contribution in [0.25, 0.3) is 0 Å². The van der Waals surface area contributed by atoms with Crippen LogP contribution in [-0.2, 0) is 0 Å². The fraction of sp³-hybridized carbons (Fsp3) is 0.250. The molecular formula is C16H18N2O4.